The predicted molar refractivity (Wildman–Crippen MR) is 46.8 cm³/mol. The van der Waals surface area contributed by atoms with Gasteiger partial charge in [0.05, 0.1) is 13.2 Å². The van der Waals surface area contributed by atoms with E-state index in [0.717, 1.165) is 6.92 Å². The molecule has 0 radical (unpaired) electrons. The van der Waals surface area contributed by atoms with Crippen LogP contribution < -0.4 is 0 Å². The van der Waals surface area contributed by atoms with Crippen LogP contribution in [0.4, 0.5) is 13.2 Å². The van der Waals surface area contributed by atoms with Gasteiger partial charge in [0.25, 0.3) is 9.24 Å². The number of hydrogen-bond donors (Lipinski definition) is 0. The Hall–Kier alpha value is -0.0500. The summed E-state index contributed by atoms with van der Waals surface area (Å²) in [6.07, 6.45) is -4.63. The highest BCUT2D eigenvalue weighted by Gasteiger charge is 2.55. The molecule has 4 nitrogen and oxygen atoms in total. The van der Waals surface area contributed by atoms with Crippen LogP contribution in [0.2, 0.25) is 0 Å². The molecule has 0 spiro atoms. The van der Waals surface area contributed by atoms with E-state index in [2.05, 4.69) is 4.74 Å². The second-order valence-corrected chi connectivity index (χ2v) is 5.86. The lowest BCUT2D eigenvalue weighted by Gasteiger charge is -2.39. The van der Waals surface area contributed by atoms with Crippen molar-refractivity contribution in [2.24, 2.45) is 0 Å². The Kier molecular flexibility index (Phi) is 3.26. The van der Waals surface area contributed by atoms with Gasteiger partial charge in [-0.3, -0.25) is 0 Å². The molecule has 1 heterocycles. The van der Waals surface area contributed by atoms with E-state index in [9.17, 15) is 21.6 Å². The smallest absolute Gasteiger partial charge is 0.363 e. The molecule has 1 atom stereocenters. The Morgan fingerprint density at radius 1 is 1.47 bits per heavy atom. The van der Waals surface area contributed by atoms with E-state index in [-0.39, 0.29) is 13.2 Å². The first-order valence-corrected chi connectivity index (χ1v) is 6.23. The largest absolute Gasteiger partial charge is 0.418 e. The minimum absolute atomic E-state index is 0.169. The molecule has 0 bridgehead atoms. The van der Waals surface area contributed by atoms with Gasteiger partial charge in [-0.2, -0.15) is 25.9 Å². The Labute approximate surface area is 89.5 Å². The molecule has 0 aromatic rings. The van der Waals surface area contributed by atoms with Crippen molar-refractivity contribution in [3.63, 3.8) is 0 Å². The highest BCUT2D eigenvalue weighted by Crippen LogP contribution is 2.36. The van der Waals surface area contributed by atoms with Crippen LogP contribution >= 0.6 is 10.7 Å². The summed E-state index contributed by atoms with van der Waals surface area (Å²) in [6.45, 7) is -0.525. The van der Waals surface area contributed by atoms with Crippen molar-refractivity contribution in [2.45, 2.75) is 18.7 Å². The van der Waals surface area contributed by atoms with E-state index in [4.69, 9.17) is 10.7 Å². The zero-order chi connectivity index (χ0) is 11.9. The van der Waals surface area contributed by atoms with Crippen LogP contribution in [0.1, 0.15) is 6.92 Å². The van der Waals surface area contributed by atoms with Gasteiger partial charge < -0.3 is 4.74 Å². The van der Waals surface area contributed by atoms with Crippen molar-refractivity contribution in [1.82, 2.24) is 4.31 Å². The first kappa shape index (κ1) is 13.0. The van der Waals surface area contributed by atoms with E-state index in [0.29, 0.717) is 4.31 Å². The minimum atomic E-state index is -4.63. The zero-order valence-corrected chi connectivity index (χ0v) is 9.29. The second-order valence-electron chi connectivity index (χ2n) is 3.35. The number of alkyl halides is 3. The lowest BCUT2D eigenvalue weighted by molar-refractivity contribution is -0.282. The molecule has 1 rings (SSSR count). The number of morpholine rings is 1. The molecule has 1 aliphatic rings. The van der Waals surface area contributed by atoms with Gasteiger partial charge in [0.1, 0.15) is 0 Å². The van der Waals surface area contributed by atoms with Crippen molar-refractivity contribution in [3.8, 4) is 0 Å². The Morgan fingerprint density at radius 3 is 2.40 bits per heavy atom. The lowest BCUT2D eigenvalue weighted by atomic mass is 10.1. The number of halogens is 4. The first-order chi connectivity index (χ1) is 6.56. The van der Waals surface area contributed by atoms with E-state index in [1.54, 1.807) is 0 Å². The van der Waals surface area contributed by atoms with Gasteiger partial charge in [0.2, 0.25) is 0 Å². The van der Waals surface area contributed by atoms with E-state index in [1.165, 1.54) is 0 Å². The van der Waals surface area contributed by atoms with Gasteiger partial charge in [-0.25, -0.2) is 0 Å². The molecule has 1 saturated heterocycles. The van der Waals surface area contributed by atoms with E-state index in [1.807, 2.05) is 0 Å². The lowest BCUT2D eigenvalue weighted by Crippen LogP contribution is -2.58. The monoisotopic (exact) mass is 267 g/mol. The minimum Gasteiger partial charge on any atom is -0.363 e. The number of ether oxygens (including phenoxy) is 1. The SMILES string of the molecule is CC1(C(F)(F)F)CN(S(=O)(=O)Cl)CCO1. The van der Waals surface area contributed by atoms with Crippen LogP contribution in [-0.4, -0.2) is 44.2 Å². The molecule has 0 saturated carbocycles. The maximum Gasteiger partial charge on any atom is 0.418 e. The van der Waals surface area contributed by atoms with Gasteiger partial charge in [0, 0.05) is 17.2 Å². The normalized spacial score (nSPS) is 30.5. The molecule has 90 valence electrons. The van der Waals surface area contributed by atoms with Crippen molar-refractivity contribution in [2.75, 3.05) is 19.7 Å². The fourth-order valence-corrected chi connectivity index (χ4v) is 2.24. The quantitative estimate of drug-likeness (QED) is 0.669. The Bertz CT molecular complexity index is 344. The fraction of sp³-hybridized carbons (Fsp3) is 1.00. The molecule has 0 aromatic carbocycles. The van der Waals surface area contributed by atoms with Gasteiger partial charge in [-0.1, -0.05) is 0 Å². The summed E-state index contributed by atoms with van der Waals surface area (Å²) in [5.74, 6) is 0. The molecular formula is C6H9ClF3NO3S. The van der Waals surface area contributed by atoms with Gasteiger partial charge in [0.15, 0.2) is 5.60 Å². The van der Waals surface area contributed by atoms with Crippen LogP contribution in [0.25, 0.3) is 0 Å². The second kappa shape index (κ2) is 3.76. The summed E-state index contributed by atoms with van der Waals surface area (Å²) in [6, 6.07) is 0. The number of nitrogens with zero attached hydrogens (tertiary/aromatic N) is 1. The molecule has 1 unspecified atom stereocenters. The van der Waals surface area contributed by atoms with Crippen LogP contribution in [0, 0.1) is 0 Å². The molecule has 0 amide bonds. The summed E-state index contributed by atoms with van der Waals surface area (Å²) in [7, 11) is 0.833. The average molecular weight is 268 g/mol. The van der Waals surface area contributed by atoms with Crippen LogP contribution in [0.3, 0.4) is 0 Å². The van der Waals surface area contributed by atoms with Crippen LogP contribution in [-0.2, 0) is 14.0 Å². The molecule has 1 fully saturated rings. The average Bonchev–Trinajstić information content (AvgIpc) is 2.00. The molecule has 15 heavy (non-hydrogen) atoms. The zero-order valence-electron chi connectivity index (χ0n) is 7.71. The van der Waals surface area contributed by atoms with E-state index < -0.39 is 27.6 Å². The fourth-order valence-electron chi connectivity index (χ4n) is 1.19. The van der Waals surface area contributed by atoms with Crippen molar-refractivity contribution in [3.05, 3.63) is 0 Å². The summed E-state index contributed by atoms with van der Waals surface area (Å²) in [5, 5.41) is 0. The summed E-state index contributed by atoms with van der Waals surface area (Å²) in [4.78, 5) is 0. The summed E-state index contributed by atoms with van der Waals surface area (Å²) in [5.41, 5.74) is -2.49. The topological polar surface area (TPSA) is 46.6 Å². The van der Waals surface area contributed by atoms with Crippen LogP contribution in [0.15, 0.2) is 0 Å². The van der Waals surface area contributed by atoms with Crippen molar-refractivity contribution in [1.29, 1.82) is 0 Å². The highest BCUT2D eigenvalue weighted by atomic mass is 35.7. The third kappa shape index (κ3) is 2.74. The number of hydrogen-bond acceptors (Lipinski definition) is 3. The molecule has 0 N–H and O–H groups in total. The van der Waals surface area contributed by atoms with Gasteiger partial charge in [-0.05, 0) is 6.92 Å². The molecule has 0 aromatic heterocycles. The van der Waals surface area contributed by atoms with Crippen molar-refractivity contribution >= 4 is 19.9 Å². The van der Waals surface area contributed by atoms with Gasteiger partial charge in [-0.15, -0.1) is 0 Å². The predicted octanol–water partition coefficient (Wildman–Crippen LogP) is 1.12. The maximum atomic E-state index is 12.5. The molecular weight excluding hydrogens is 259 g/mol. The maximum absolute atomic E-state index is 12.5. The standard InChI is InChI=1S/C6H9ClF3NO3S/c1-5(6(8,9)10)4-11(2-3-14-5)15(7,12)13/h2-4H2,1H3. The summed E-state index contributed by atoms with van der Waals surface area (Å²) >= 11 is 0. The van der Waals surface area contributed by atoms with E-state index >= 15 is 0 Å². The highest BCUT2D eigenvalue weighted by molar-refractivity contribution is 8.11. The Morgan fingerprint density at radius 2 is 2.00 bits per heavy atom. The molecule has 1 aliphatic heterocycles. The third-order valence-corrected chi connectivity index (χ3v) is 3.66. The van der Waals surface area contributed by atoms with Crippen molar-refractivity contribution < 1.29 is 26.3 Å². The number of rotatable bonds is 1. The molecule has 9 heteroatoms. The van der Waals surface area contributed by atoms with Crippen LogP contribution in [0.5, 0.6) is 0 Å². The third-order valence-electron chi connectivity index (χ3n) is 2.15. The first-order valence-electron chi connectivity index (χ1n) is 3.97. The summed E-state index contributed by atoms with van der Waals surface area (Å²) < 4.78 is 64.3. The van der Waals surface area contributed by atoms with Gasteiger partial charge >= 0.3 is 6.18 Å². The Balaban J connectivity index is 2.90. The molecule has 0 aliphatic carbocycles.